The summed E-state index contributed by atoms with van der Waals surface area (Å²) in [5, 5.41) is 0. The summed E-state index contributed by atoms with van der Waals surface area (Å²) in [7, 11) is 3.36. The Bertz CT molecular complexity index is 436. The third-order valence-corrected chi connectivity index (χ3v) is 4.57. The molecule has 0 aliphatic carbocycles. The zero-order valence-electron chi connectivity index (χ0n) is 13.5. The molecule has 2 rings (SSSR count). The number of ether oxygens (including phenoxy) is 2. The van der Waals surface area contributed by atoms with Gasteiger partial charge in [0.05, 0.1) is 14.2 Å². The summed E-state index contributed by atoms with van der Waals surface area (Å²) in [5.74, 6) is 2.08. The first-order chi connectivity index (χ1) is 10.2. The lowest BCUT2D eigenvalue weighted by Gasteiger charge is -2.34. The van der Waals surface area contributed by atoms with Gasteiger partial charge in [-0.3, -0.25) is 4.90 Å². The van der Waals surface area contributed by atoms with E-state index in [9.17, 15) is 0 Å². The van der Waals surface area contributed by atoms with Crippen LogP contribution in [0, 0.1) is 5.92 Å². The first kappa shape index (κ1) is 16.1. The normalized spacial score (nSPS) is 23.6. The van der Waals surface area contributed by atoms with Gasteiger partial charge in [0.2, 0.25) is 0 Å². The third kappa shape index (κ3) is 3.50. The van der Waals surface area contributed by atoms with Gasteiger partial charge in [-0.05, 0) is 56.1 Å². The molecule has 1 aliphatic rings. The molecule has 1 aromatic carbocycles. The minimum atomic E-state index is 0.377. The van der Waals surface area contributed by atoms with Gasteiger partial charge in [0.15, 0.2) is 11.5 Å². The average molecular weight is 292 g/mol. The second-order valence-electron chi connectivity index (χ2n) is 5.68. The Morgan fingerprint density at radius 1 is 1.19 bits per heavy atom. The van der Waals surface area contributed by atoms with Gasteiger partial charge in [0.1, 0.15) is 0 Å². The van der Waals surface area contributed by atoms with Gasteiger partial charge < -0.3 is 15.2 Å². The monoisotopic (exact) mass is 292 g/mol. The van der Waals surface area contributed by atoms with Gasteiger partial charge in [-0.2, -0.15) is 0 Å². The molecule has 0 radical (unpaired) electrons. The molecule has 1 heterocycles. The highest BCUT2D eigenvalue weighted by atomic mass is 16.5. The van der Waals surface area contributed by atoms with E-state index in [1.165, 1.54) is 24.8 Å². The fourth-order valence-corrected chi connectivity index (χ4v) is 3.44. The molecule has 1 saturated heterocycles. The lowest BCUT2D eigenvalue weighted by Crippen LogP contribution is -2.35. The first-order valence-electron chi connectivity index (χ1n) is 7.91. The van der Waals surface area contributed by atoms with Gasteiger partial charge in [-0.1, -0.05) is 19.4 Å². The molecule has 1 aliphatic heterocycles. The summed E-state index contributed by atoms with van der Waals surface area (Å²) in [5.41, 5.74) is 7.35. The number of rotatable bonds is 5. The van der Waals surface area contributed by atoms with Crippen molar-refractivity contribution in [2.24, 2.45) is 11.7 Å². The predicted octanol–water partition coefficient (Wildman–Crippen LogP) is 2.83. The molecular weight excluding hydrogens is 264 g/mol. The SMILES string of the molecule is CCN1CCCCC(CN)C1c1ccc(OC)c(OC)c1. The van der Waals surface area contributed by atoms with Gasteiger partial charge in [0.25, 0.3) is 0 Å². The van der Waals surface area contributed by atoms with E-state index in [0.29, 0.717) is 12.0 Å². The molecule has 21 heavy (non-hydrogen) atoms. The van der Waals surface area contributed by atoms with Crippen molar-refractivity contribution in [2.45, 2.75) is 32.2 Å². The number of nitrogens with two attached hydrogens (primary N) is 1. The highest BCUT2D eigenvalue weighted by Gasteiger charge is 2.30. The van der Waals surface area contributed by atoms with E-state index < -0.39 is 0 Å². The van der Waals surface area contributed by atoms with Crippen molar-refractivity contribution >= 4 is 0 Å². The van der Waals surface area contributed by atoms with Gasteiger partial charge in [-0.15, -0.1) is 0 Å². The summed E-state index contributed by atoms with van der Waals surface area (Å²) in [4.78, 5) is 2.55. The van der Waals surface area contributed by atoms with Crippen LogP contribution in [0.2, 0.25) is 0 Å². The maximum absolute atomic E-state index is 6.06. The predicted molar refractivity (Wildman–Crippen MR) is 85.9 cm³/mol. The number of methoxy groups -OCH3 is 2. The van der Waals surface area contributed by atoms with Gasteiger partial charge in [0, 0.05) is 6.04 Å². The van der Waals surface area contributed by atoms with Crippen LogP contribution in [0.25, 0.3) is 0 Å². The van der Waals surface area contributed by atoms with E-state index in [1.54, 1.807) is 14.2 Å². The number of nitrogens with zero attached hydrogens (tertiary/aromatic N) is 1. The van der Waals surface area contributed by atoms with Crippen molar-refractivity contribution in [3.05, 3.63) is 23.8 Å². The summed E-state index contributed by atoms with van der Waals surface area (Å²) < 4.78 is 10.8. The molecule has 118 valence electrons. The molecule has 0 bridgehead atoms. The summed E-state index contributed by atoms with van der Waals surface area (Å²) in [6, 6.07) is 6.64. The molecule has 1 fully saturated rings. The fraction of sp³-hybridized carbons (Fsp3) is 0.647. The summed E-state index contributed by atoms with van der Waals surface area (Å²) in [6.45, 7) is 5.16. The molecule has 2 atom stereocenters. The van der Waals surface area contributed by atoms with Crippen LogP contribution < -0.4 is 15.2 Å². The van der Waals surface area contributed by atoms with Crippen molar-refractivity contribution in [1.82, 2.24) is 4.90 Å². The molecule has 4 heteroatoms. The second-order valence-corrected chi connectivity index (χ2v) is 5.68. The van der Waals surface area contributed by atoms with Crippen molar-refractivity contribution in [1.29, 1.82) is 0 Å². The zero-order chi connectivity index (χ0) is 15.2. The van der Waals surface area contributed by atoms with Crippen LogP contribution in [0.3, 0.4) is 0 Å². The molecule has 2 unspecified atom stereocenters. The van der Waals surface area contributed by atoms with Crippen LogP contribution in [0.5, 0.6) is 11.5 Å². The number of benzene rings is 1. The highest BCUT2D eigenvalue weighted by molar-refractivity contribution is 5.44. The highest BCUT2D eigenvalue weighted by Crippen LogP contribution is 2.38. The Morgan fingerprint density at radius 3 is 2.57 bits per heavy atom. The molecule has 0 amide bonds. The van der Waals surface area contributed by atoms with Crippen molar-refractivity contribution in [3.8, 4) is 11.5 Å². The Kier molecular flexibility index (Phi) is 5.88. The molecule has 0 saturated carbocycles. The van der Waals surface area contributed by atoms with E-state index in [0.717, 1.165) is 31.1 Å². The van der Waals surface area contributed by atoms with Crippen LogP contribution in [0.4, 0.5) is 0 Å². The van der Waals surface area contributed by atoms with Crippen LogP contribution in [0.1, 0.15) is 37.8 Å². The summed E-state index contributed by atoms with van der Waals surface area (Å²) >= 11 is 0. The largest absolute Gasteiger partial charge is 0.493 e. The summed E-state index contributed by atoms with van der Waals surface area (Å²) in [6.07, 6.45) is 3.72. The van der Waals surface area contributed by atoms with Crippen molar-refractivity contribution < 1.29 is 9.47 Å². The Balaban J connectivity index is 2.38. The van der Waals surface area contributed by atoms with Gasteiger partial charge >= 0.3 is 0 Å². The van der Waals surface area contributed by atoms with Gasteiger partial charge in [-0.25, -0.2) is 0 Å². The fourth-order valence-electron chi connectivity index (χ4n) is 3.44. The van der Waals surface area contributed by atoms with E-state index >= 15 is 0 Å². The maximum atomic E-state index is 6.06. The number of likely N-dealkylation sites (tertiary alicyclic amines) is 1. The molecule has 4 nitrogen and oxygen atoms in total. The number of hydrogen-bond acceptors (Lipinski definition) is 4. The maximum Gasteiger partial charge on any atom is 0.161 e. The third-order valence-electron chi connectivity index (χ3n) is 4.57. The lowest BCUT2D eigenvalue weighted by atomic mass is 9.89. The lowest BCUT2D eigenvalue weighted by molar-refractivity contribution is 0.166. The Morgan fingerprint density at radius 2 is 1.95 bits per heavy atom. The second kappa shape index (κ2) is 7.66. The average Bonchev–Trinajstić information content (AvgIpc) is 2.75. The minimum absolute atomic E-state index is 0.377. The molecular formula is C17H28N2O2. The zero-order valence-corrected chi connectivity index (χ0v) is 13.5. The smallest absolute Gasteiger partial charge is 0.161 e. The molecule has 0 aromatic heterocycles. The Labute approximate surface area is 128 Å². The van der Waals surface area contributed by atoms with Crippen molar-refractivity contribution in [3.63, 3.8) is 0 Å². The number of hydrogen-bond donors (Lipinski definition) is 1. The first-order valence-corrected chi connectivity index (χ1v) is 7.91. The van der Waals surface area contributed by atoms with Crippen LogP contribution >= 0.6 is 0 Å². The minimum Gasteiger partial charge on any atom is -0.493 e. The van der Waals surface area contributed by atoms with Crippen LogP contribution in [0.15, 0.2) is 18.2 Å². The van der Waals surface area contributed by atoms with E-state index in [4.69, 9.17) is 15.2 Å². The van der Waals surface area contributed by atoms with E-state index in [-0.39, 0.29) is 0 Å². The standard InChI is InChI=1S/C17H28N2O2/c1-4-19-10-6-5-7-14(12-18)17(19)13-8-9-15(20-2)16(11-13)21-3/h8-9,11,14,17H,4-7,10,12,18H2,1-3H3. The molecule has 0 spiro atoms. The van der Waals surface area contributed by atoms with E-state index in [1.807, 2.05) is 6.07 Å². The quantitative estimate of drug-likeness (QED) is 0.906. The molecule has 2 N–H and O–H groups in total. The van der Waals surface area contributed by atoms with E-state index in [2.05, 4.69) is 24.0 Å². The Hall–Kier alpha value is -1.26. The van der Waals surface area contributed by atoms with Crippen LogP contribution in [-0.4, -0.2) is 38.8 Å². The van der Waals surface area contributed by atoms with Crippen LogP contribution in [-0.2, 0) is 0 Å². The van der Waals surface area contributed by atoms with Crippen molar-refractivity contribution in [2.75, 3.05) is 33.9 Å². The molecule has 1 aromatic rings. The topological polar surface area (TPSA) is 47.7 Å².